The fraction of sp³-hybridized carbons (Fsp3) is 0.375. The second kappa shape index (κ2) is 7.71. The molecule has 0 saturated carbocycles. The van der Waals surface area contributed by atoms with Gasteiger partial charge in [0.05, 0.1) is 5.69 Å². The minimum Gasteiger partial charge on any atom is -0.319 e. The van der Waals surface area contributed by atoms with Crippen LogP contribution in [-0.4, -0.2) is 41.1 Å². The molecular weight excluding hydrogens is 410 g/mol. The largest absolute Gasteiger partial charge is 0.325 e. The van der Waals surface area contributed by atoms with E-state index in [1.165, 1.54) is 0 Å². The number of carbonyl (C=O) groups is 3. The molecule has 0 radical (unpaired) electrons. The summed E-state index contributed by atoms with van der Waals surface area (Å²) in [6.45, 7) is 2.47. The van der Waals surface area contributed by atoms with Crippen LogP contribution in [0, 0.1) is 0 Å². The number of imide groups is 1. The molecule has 2 aromatic carbocycles. The van der Waals surface area contributed by atoms with Crippen LogP contribution in [0.25, 0.3) is 0 Å². The Morgan fingerprint density at radius 2 is 1.94 bits per heavy atom. The fourth-order valence-corrected chi connectivity index (χ4v) is 6.03. The van der Waals surface area contributed by atoms with Crippen molar-refractivity contribution in [3.05, 3.63) is 59.7 Å². The molecule has 0 bridgehead atoms. The molecule has 1 aliphatic carbocycles. The summed E-state index contributed by atoms with van der Waals surface area (Å²) in [7, 11) is 0. The molecule has 1 spiro atoms. The molecule has 1 fully saturated rings. The molecule has 2 aliphatic heterocycles. The minimum absolute atomic E-state index is 0.230. The van der Waals surface area contributed by atoms with Gasteiger partial charge in [0.25, 0.3) is 5.91 Å². The summed E-state index contributed by atoms with van der Waals surface area (Å²) in [4.78, 5) is 43.6. The molecule has 0 aromatic heterocycles. The predicted molar refractivity (Wildman–Crippen MR) is 120 cm³/mol. The number of carbonyl (C=O) groups excluding carboxylic acids is 3. The van der Waals surface area contributed by atoms with Crippen LogP contribution in [0.2, 0.25) is 0 Å². The number of rotatable bonds is 2. The Balaban J connectivity index is 1.42. The van der Waals surface area contributed by atoms with Crippen molar-refractivity contribution >= 4 is 35.3 Å². The number of fused-ring (bicyclic) bond motifs is 3. The molecule has 160 valence electrons. The Morgan fingerprint density at radius 1 is 1.16 bits per heavy atom. The van der Waals surface area contributed by atoms with Crippen molar-refractivity contribution in [2.75, 3.05) is 18.0 Å². The molecule has 31 heavy (non-hydrogen) atoms. The third-order valence-electron chi connectivity index (χ3n) is 6.49. The van der Waals surface area contributed by atoms with Gasteiger partial charge < -0.3 is 10.2 Å². The number of benzene rings is 2. The van der Waals surface area contributed by atoms with Gasteiger partial charge in [-0.15, -0.1) is 11.8 Å². The van der Waals surface area contributed by atoms with Gasteiger partial charge in [-0.05, 0) is 48.9 Å². The van der Waals surface area contributed by atoms with Crippen LogP contribution in [0.15, 0.2) is 53.4 Å². The van der Waals surface area contributed by atoms with Gasteiger partial charge in [-0.25, -0.2) is 4.79 Å². The summed E-state index contributed by atoms with van der Waals surface area (Å²) in [5, 5.41) is 3.32. The highest BCUT2D eigenvalue weighted by Gasteiger charge is 2.54. The molecule has 0 unspecified atom stereocenters. The zero-order chi connectivity index (χ0) is 21.6. The molecular formula is C24H25N3O3S. The normalized spacial score (nSPS) is 25.1. The van der Waals surface area contributed by atoms with E-state index in [1.807, 2.05) is 48.5 Å². The highest BCUT2D eigenvalue weighted by molar-refractivity contribution is 8.00. The third-order valence-corrected chi connectivity index (χ3v) is 7.73. The monoisotopic (exact) mass is 435 g/mol. The zero-order valence-corrected chi connectivity index (χ0v) is 18.3. The van der Waals surface area contributed by atoms with Crippen molar-refractivity contribution in [3.8, 4) is 0 Å². The lowest BCUT2D eigenvalue weighted by molar-refractivity contribution is -0.135. The van der Waals surface area contributed by atoms with E-state index >= 15 is 0 Å². The summed E-state index contributed by atoms with van der Waals surface area (Å²) < 4.78 is 0. The molecule has 2 aromatic rings. The maximum absolute atomic E-state index is 13.5. The van der Waals surface area contributed by atoms with E-state index in [4.69, 9.17) is 0 Å². The molecule has 2 heterocycles. The van der Waals surface area contributed by atoms with E-state index in [0.29, 0.717) is 18.2 Å². The zero-order valence-electron chi connectivity index (χ0n) is 17.5. The third kappa shape index (κ3) is 3.31. The number of nitrogens with zero attached hydrogens (tertiary/aromatic N) is 2. The van der Waals surface area contributed by atoms with Crippen LogP contribution >= 0.6 is 11.8 Å². The molecule has 7 heteroatoms. The van der Waals surface area contributed by atoms with Crippen LogP contribution in [0.1, 0.15) is 37.3 Å². The summed E-state index contributed by atoms with van der Waals surface area (Å²) in [5.74, 6) is -0.546. The van der Waals surface area contributed by atoms with Crippen molar-refractivity contribution in [1.82, 2.24) is 10.2 Å². The first-order chi connectivity index (χ1) is 15.0. The SMILES string of the molecule is C[C@@H]1CCN(C(=O)CN2C(=O)N[C@@]3(CCCc4ccccc43)C2=O)c2ccccc2S1. The molecule has 4 amide bonds. The second-order valence-corrected chi connectivity index (χ2v) is 9.95. The molecule has 3 aliphatic rings. The molecule has 5 rings (SSSR count). The van der Waals surface area contributed by atoms with Crippen LogP contribution in [-0.2, 0) is 21.5 Å². The van der Waals surface area contributed by atoms with E-state index in [2.05, 4.69) is 12.2 Å². The van der Waals surface area contributed by atoms with Crippen LogP contribution < -0.4 is 10.2 Å². The number of urea groups is 1. The van der Waals surface area contributed by atoms with Gasteiger partial charge in [0, 0.05) is 16.7 Å². The van der Waals surface area contributed by atoms with E-state index in [0.717, 1.165) is 45.9 Å². The number of hydrogen-bond donors (Lipinski definition) is 1. The number of para-hydroxylation sites is 1. The maximum Gasteiger partial charge on any atom is 0.325 e. The fourth-order valence-electron chi connectivity index (χ4n) is 4.92. The highest BCUT2D eigenvalue weighted by Crippen LogP contribution is 2.40. The van der Waals surface area contributed by atoms with Crippen LogP contribution in [0.5, 0.6) is 0 Å². The average Bonchev–Trinajstić information content (AvgIpc) is 2.90. The Bertz CT molecular complexity index is 1070. The molecule has 2 atom stereocenters. The number of hydrogen-bond acceptors (Lipinski definition) is 4. The first-order valence-electron chi connectivity index (χ1n) is 10.8. The Labute approximate surface area is 186 Å². The summed E-state index contributed by atoms with van der Waals surface area (Å²) >= 11 is 1.75. The Morgan fingerprint density at radius 3 is 2.81 bits per heavy atom. The van der Waals surface area contributed by atoms with E-state index in [-0.39, 0.29) is 18.4 Å². The number of amides is 4. The van der Waals surface area contributed by atoms with Gasteiger partial charge in [-0.2, -0.15) is 0 Å². The van der Waals surface area contributed by atoms with Crippen molar-refractivity contribution in [3.63, 3.8) is 0 Å². The lowest BCUT2D eigenvalue weighted by Gasteiger charge is -2.33. The van der Waals surface area contributed by atoms with Crippen molar-refractivity contribution in [2.24, 2.45) is 0 Å². The molecule has 1 N–H and O–H groups in total. The van der Waals surface area contributed by atoms with Crippen molar-refractivity contribution < 1.29 is 14.4 Å². The first kappa shape index (κ1) is 20.1. The van der Waals surface area contributed by atoms with Gasteiger partial charge in [-0.1, -0.05) is 43.3 Å². The van der Waals surface area contributed by atoms with Gasteiger partial charge in [0.1, 0.15) is 12.1 Å². The van der Waals surface area contributed by atoms with Crippen molar-refractivity contribution in [2.45, 2.75) is 48.3 Å². The molecule has 6 nitrogen and oxygen atoms in total. The topological polar surface area (TPSA) is 69.7 Å². The van der Waals surface area contributed by atoms with Gasteiger partial charge in [0.15, 0.2) is 0 Å². The van der Waals surface area contributed by atoms with Gasteiger partial charge in [-0.3, -0.25) is 14.5 Å². The quantitative estimate of drug-likeness (QED) is 0.731. The molecule has 1 saturated heterocycles. The minimum atomic E-state index is -1.05. The van der Waals surface area contributed by atoms with Gasteiger partial charge in [0.2, 0.25) is 5.91 Å². The number of thioether (sulfide) groups is 1. The lowest BCUT2D eigenvalue weighted by atomic mass is 9.76. The highest BCUT2D eigenvalue weighted by atomic mass is 32.2. The first-order valence-corrected chi connectivity index (χ1v) is 11.7. The Kier molecular flexibility index (Phi) is 5.01. The van der Waals surface area contributed by atoms with E-state index in [9.17, 15) is 14.4 Å². The van der Waals surface area contributed by atoms with Crippen molar-refractivity contribution in [1.29, 1.82) is 0 Å². The summed E-state index contributed by atoms with van der Waals surface area (Å²) in [6, 6.07) is 15.1. The number of nitrogens with one attached hydrogen (secondary N) is 1. The van der Waals surface area contributed by atoms with Gasteiger partial charge >= 0.3 is 6.03 Å². The summed E-state index contributed by atoms with van der Waals surface area (Å²) in [5.41, 5.74) is 1.75. The number of anilines is 1. The number of aryl methyl sites for hydroxylation is 1. The van der Waals surface area contributed by atoms with Crippen LogP contribution in [0.4, 0.5) is 10.5 Å². The predicted octanol–water partition coefficient (Wildman–Crippen LogP) is 3.69. The second-order valence-electron chi connectivity index (χ2n) is 8.47. The smallest absolute Gasteiger partial charge is 0.319 e. The maximum atomic E-state index is 13.5. The standard InChI is InChI=1S/C24H25N3O3S/c1-16-12-14-26(19-10-4-5-11-20(19)31-16)21(28)15-27-22(29)24(25-23(27)30)13-6-8-17-7-2-3-9-18(17)24/h2-5,7,9-11,16H,6,8,12-15H2,1H3,(H,25,30)/t16-,24-/m1/s1. The van der Waals surface area contributed by atoms with E-state index in [1.54, 1.807) is 16.7 Å². The van der Waals surface area contributed by atoms with E-state index < -0.39 is 11.6 Å². The summed E-state index contributed by atoms with van der Waals surface area (Å²) in [6.07, 6.45) is 3.11. The lowest BCUT2D eigenvalue weighted by Crippen LogP contribution is -2.47. The van der Waals surface area contributed by atoms with Crippen LogP contribution in [0.3, 0.4) is 0 Å². The Hall–Kier alpha value is -2.80. The average molecular weight is 436 g/mol.